The zero-order valence-electron chi connectivity index (χ0n) is 8.48. The first-order valence-corrected chi connectivity index (χ1v) is 4.93. The molecular weight excluding hydrogens is 226 g/mol. The topological polar surface area (TPSA) is 66.5 Å². The van der Waals surface area contributed by atoms with E-state index in [1.807, 2.05) is 12.1 Å². The third kappa shape index (κ3) is 1.83. The molecule has 1 aromatic carbocycles. The third-order valence-electron chi connectivity index (χ3n) is 2.00. The van der Waals surface area contributed by atoms with Gasteiger partial charge in [-0.15, -0.1) is 15.0 Å². The minimum atomic E-state index is 0.252. The molecule has 6 heteroatoms. The molecule has 0 saturated carbocycles. The van der Waals surface area contributed by atoms with E-state index in [-0.39, 0.29) is 5.69 Å². The normalized spacial score (nSPS) is 9.81. The lowest BCUT2D eigenvalue weighted by molar-refractivity contribution is 0.751. The second-order valence-electron chi connectivity index (χ2n) is 3.03. The van der Waals surface area contributed by atoms with Gasteiger partial charge in [0.05, 0.1) is 5.69 Å². The Morgan fingerprint density at radius 2 is 2.25 bits per heavy atom. The van der Waals surface area contributed by atoms with E-state index in [9.17, 15) is 0 Å². The molecule has 0 amide bonds. The monoisotopic (exact) mass is 233 g/mol. The van der Waals surface area contributed by atoms with E-state index in [2.05, 4.69) is 15.5 Å². The van der Waals surface area contributed by atoms with Gasteiger partial charge in [0.1, 0.15) is 6.07 Å². The molecule has 0 radical (unpaired) electrons. The summed E-state index contributed by atoms with van der Waals surface area (Å²) >= 11 is 5.86. The second-order valence-corrected chi connectivity index (χ2v) is 3.46. The maximum atomic E-state index is 8.83. The molecule has 0 aliphatic carbocycles. The number of hydrogen-bond donors (Lipinski definition) is 1. The van der Waals surface area contributed by atoms with Crippen LogP contribution in [0.4, 0.5) is 5.82 Å². The van der Waals surface area contributed by atoms with Gasteiger partial charge < -0.3 is 5.32 Å². The standard InChI is InChI=1S/C10H8ClN5/c1-13-10-9(6-12)14-16(15-10)8-4-2-3-7(11)5-8/h2-5H,1H3,(H,13,15). The van der Waals surface area contributed by atoms with Crippen molar-refractivity contribution in [3.8, 4) is 11.8 Å². The molecule has 0 bridgehead atoms. The fraction of sp³-hybridized carbons (Fsp3) is 0.100. The van der Waals surface area contributed by atoms with Crippen molar-refractivity contribution in [1.82, 2.24) is 15.0 Å². The van der Waals surface area contributed by atoms with Crippen LogP contribution in [-0.2, 0) is 0 Å². The molecule has 16 heavy (non-hydrogen) atoms. The van der Waals surface area contributed by atoms with E-state index >= 15 is 0 Å². The highest BCUT2D eigenvalue weighted by atomic mass is 35.5. The van der Waals surface area contributed by atoms with Gasteiger partial charge in [-0.25, -0.2) is 0 Å². The number of aromatic nitrogens is 3. The number of nitrogens with zero attached hydrogens (tertiary/aromatic N) is 4. The smallest absolute Gasteiger partial charge is 0.207 e. The first kappa shape index (κ1) is 10.5. The van der Waals surface area contributed by atoms with Crippen molar-refractivity contribution in [3.05, 3.63) is 35.0 Å². The zero-order chi connectivity index (χ0) is 11.5. The van der Waals surface area contributed by atoms with Gasteiger partial charge in [-0.2, -0.15) is 5.26 Å². The van der Waals surface area contributed by atoms with E-state index in [0.29, 0.717) is 16.5 Å². The predicted molar refractivity (Wildman–Crippen MR) is 60.6 cm³/mol. The lowest BCUT2D eigenvalue weighted by atomic mass is 10.3. The molecule has 1 heterocycles. The van der Waals surface area contributed by atoms with Crippen LogP contribution in [0.25, 0.3) is 5.69 Å². The SMILES string of the molecule is CNc1nn(-c2cccc(Cl)c2)nc1C#N. The van der Waals surface area contributed by atoms with E-state index in [4.69, 9.17) is 16.9 Å². The Morgan fingerprint density at radius 3 is 2.81 bits per heavy atom. The summed E-state index contributed by atoms with van der Waals surface area (Å²) in [7, 11) is 1.69. The number of nitriles is 1. The van der Waals surface area contributed by atoms with Gasteiger partial charge >= 0.3 is 0 Å². The van der Waals surface area contributed by atoms with Crippen LogP contribution in [0.3, 0.4) is 0 Å². The lowest BCUT2D eigenvalue weighted by Crippen LogP contribution is -1.99. The summed E-state index contributed by atoms with van der Waals surface area (Å²) in [5.41, 5.74) is 0.966. The molecule has 0 unspecified atom stereocenters. The van der Waals surface area contributed by atoms with Gasteiger partial charge in [-0.05, 0) is 18.2 Å². The van der Waals surface area contributed by atoms with E-state index < -0.39 is 0 Å². The largest absolute Gasteiger partial charge is 0.369 e. The number of rotatable bonds is 2. The lowest BCUT2D eigenvalue weighted by Gasteiger charge is -1.98. The van der Waals surface area contributed by atoms with E-state index in [1.165, 1.54) is 4.80 Å². The van der Waals surface area contributed by atoms with Gasteiger partial charge in [0.15, 0.2) is 5.82 Å². The molecule has 0 aliphatic rings. The van der Waals surface area contributed by atoms with Gasteiger partial charge in [0.25, 0.3) is 0 Å². The molecular formula is C10H8ClN5. The van der Waals surface area contributed by atoms with Crippen LogP contribution in [0.1, 0.15) is 5.69 Å². The first-order chi connectivity index (χ1) is 7.74. The van der Waals surface area contributed by atoms with Crippen LogP contribution < -0.4 is 5.32 Å². The van der Waals surface area contributed by atoms with Crippen LogP contribution in [0.5, 0.6) is 0 Å². The maximum Gasteiger partial charge on any atom is 0.207 e. The second kappa shape index (κ2) is 4.21. The average molecular weight is 234 g/mol. The van der Waals surface area contributed by atoms with Crippen LogP contribution in [-0.4, -0.2) is 22.0 Å². The highest BCUT2D eigenvalue weighted by Crippen LogP contribution is 2.15. The molecule has 2 rings (SSSR count). The molecule has 0 spiro atoms. The van der Waals surface area contributed by atoms with Crippen molar-refractivity contribution in [1.29, 1.82) is 5.26 Å². The Kier molecular flexibility index (Phi) is 2.75. The number of halogens is 1. The molecule has 0 fully saturated rings. The number of nitrogens with one attached hydrogen (secondary N) is 1. The first-order valence-electron chi connectivity index (χ1n) is 4.55. The van der Waals surface area contributed by atoms with Gasteiger partial charge in [-0.1, -0.05) is 17.7 Å². The summed E-state index contributed by atoms with van der Waals surface area (Å²) in [4.78, 5) is 1.37. The van der Waals surface area contributed by atoms with Crippen LogP contribution in [0.2, 0.25) is 5.02 Å². The van der Waals surface area contributed by atoms with E-state index in [1.54, 1.807) is 25.2 Å². The summed E-state index contributed by atoms with van der Waals surface area (Å²) in [6, 6.07) is 9.06. The van der Waals surface area contributed by atoms with Crippen molar-refractivity contribution >= 4 is 17.4 Å². The molecule has 0 saturated heterocycles. The highest BCUT2D eigenvalue weighted by molar-refractivity contribution is 6.30. The summed E-state index contributed by atoms with van der Waals surface area (Å²) in [6.07, 6.45) is 0. The summed E-state index contributed by atoms with van der Waals surface area (Å²) in [5, 5.41) is 20.4. The molecule has 0 aliphatic heterocycles. The van der Waals surface area contributed by atoms with Crippen LogP contribution in [0, 0.1) is 11.3 Å². The predicted octanol–water partition coefficient (Wildman–Crippen LogP) is 1.83. The molecule has 80 valence electrons. The fourth-order valence-electron chi connectivity index (χ4n) is 1.27. The molecule has 1 N–H and O–H groups in total. The number of benzene rings is 1. The Labute approximate surface area is 97.3 Å². The van der Waals surface area contributed by atoms with Crippen LogP contribution in [0.15, 0.2) is 24.3 Å². The minimum Gasteiger partial charge on any atom is -0.369 e. The maximum absolute atomic E-state index is 8.83. The van der Waals surface area contributed by atoms with Crippen molar-refractivity contribution in [2.75, 3.05) is 12.4 Å². The van der Waals surface area contributed by atoms with Gasteiger partial charge in [0.2, 0.25) is 5.69 Å². The van der Waals surface area contributed by atoms with Gasteiger partial charge in [0, 0.05) is 12.1 Å². The fourth-order valence-corrected chi connectivity index (χ4v) is 1.45. The Morgan fingerprint density at radius 1 is 1.44 bits per heavy atom. The summed E-state index contributed by atoms with van der Waals surface area (Å²) in [6.45, 7) is 0. The van der Waals surface area contributed by atoms with Crippen molar-refractivity contribution in [3.63, 3.8) is 0 Å². The molecule has 5 nitrogen and oxygen atoms in total. The Balaban J connectivity index is 2.49. The zero-order valence-corrected chi connectivity index (χ0v) is 9.23. The van der Waals surface area contributed by atoms with Crippen molar-refractivity contribution < 1.29 is 0 Å². The molecule has 2 aromatic rings. The summed E-state index contributed by atoms with van der Waals surface area (Å²) < 4.78 is 0. The molecule has 1 aromatic heterocycles. The third-order valence-corrected chi connectivity index (χ3v) is 2.23. The van der Waals surface area contributed by atoms with Crippen molar-refractivity contribution in [2.24, 2.45) is 0 Å². The Bertz CT molecular complexity index is 555. The van der Waals surface area contributed by atoms with Crippen LogP contribution >= 0.6 is 11.6 Å². The highest BCUT2D eigenvalue weighted by Gasteiger charge is 2.09. The number of hydrogen-bond acceptors (Lipinski definition) is 4. The quantitative estimate of drug-likeness (QED) is 0.860. The summed E-state index contributed by atoms with van der Waals surface area (Å²) in [5.74, 6) is 0.447. The van der Waals surface area contributed by atoms with Crippen molar-refractivity contribution in [2.45, 2.75) is 0 Å². The minimum absolute atomic E-state index is 0.252. The van der Waals surface area contributed by atoms with E-state index in [0.717, 1.165) is 0 Å². The Hall–Kier alpha value is -2.06. The number of anilines is 1. The van der Waals surface area contributed by atoms with Gasteiger partial charge in [-0.3, -0.25) is 0 Å². The molecule has 0 atom stereocenters. The average Bonchev–Trinajstić information content (AvgIpc) is 2.72.